The first kappa shape index (κ1) is 28.7. The third-order valence-electron chi connectivity index (χ3n) is 9.16. The fourth-order valence-corrected chi connectivity index (χ4v) is 6.85. The molecule has 0 amide bonds. The third kappa shape index (κ3) is 6.02. The van der Waals surface area contributed by atoms with Crippen molar-refractivity contribution in [3.05, 3.63) is 138 Å². The topological polar surface area (TPSA) is 77.0 Å². The molecule has 0 bridgehead atoms. The smallest absolute Gasteiger partial charge is 0.131 e. The number of nitrogens with one attached hydrogen (secondary N) is 3. The van der Waals surface area contributed by atoms with Gasteiger partial charge in [0, 0.05) is 55.7 Å². The molecule has 0 aliphatic carbocycles. The maximum absolute atomic E-state index is 14.0. The number of piperidine rings is 1. The zero-order chi connectivity index (χ0) is 30.9. The van der Waals surface area contributed by atoms with Crippen LogP contribution in [0.4, 0.5) is 10.1 Å². The number of aryl methyl sites for hydroxylation is 1. The SMILES string of the molecule is C=C(NC(Cc1cc(C)c2[nH]ncc2c1)c1nccn1Cc1cccc(F)c1)N1CCC(N2Cc3ccccc3NC2=C)CC1. The van der Waals surface area contributed by atoms with Gasteiger partial charge in [0.2, 0.25) is 0 Å². The summed E-state index contributed by atoms with van der Waals surface area (Å²) in [5.74, 6) is 2.51. The van der Waals surface area contributed by atoms with Gasteiger partial charge in [-0.1, -0.05) is 49.6 Å². The van der Waals surface area contributed by atoms with Crippen molar-refractivity contribution in [3.8, 4) is 0 Å². The molecule has 1 unspecified atom stereocenters. The number of rotatable bonds is 9. The van der Waals surface area contributed by atoms with Crippen molar-refractivity contribution < 1.29 is 4.39 Å². The molecule has 5 aromatic rings. The number of para-hydroxylation sites is 1. The highest BCUT2D eigenvalue weighted by Gasteiger charge is 2.30. The van der Waals surface area contributed by atoms with Gasteiger partial charge in [0.15, 0.2) is 0 Å². The van der Waals surface area contributed by atoms with E-state index in [4.69, 9.17) is 4.98 Å². The normalized spacial score (nSPS) is 16.0. The van der Waals surface area contributed by atoms with E-state index in [1.807, 2.05) is 24.7 Å². The van der Waals surface area contributed by atoms with E-state index in [2.05, 4.69) is 91.7 Å². The number of halogens is 1. The summed E-state index contributed by atoms with van der Waals surface area (Å²) in [4.78, 5) is 9.57. The highest BCUT2D eigenvalue weighted by atomic mass is 19.1. The molecule has 0 saturated carbocycles. The minimum absolute atomic E-state index is 0.148. The lowest BCUT2D eigenvalue weighted by atomic mass is 9.99. The van der Waals surface area contributed by atoms with Crippen molar-refractivity contribution in [1.29, 1.82) is 0 Å². The standard InChI is InChI=1S/C36H39FN8/c1-24-17-28(18-30-21-39-42-35(24)30)20-34(36-38-13-16-44(36)22-27-7-6-9-31(37)19-27)40-25(2)43-14-11-32(12-15-43)45-23-29-8-4-5-10-33(29)41-26(45)3/h4-10,13,16-19,21,32,34,40-41H,2-3,11-12,14-15,20,22-23H2,1H3,(H,39,42). The predicted molar refractivity (Wildman–Crippen MR) is 177 cm³/mol. The molecular formula is C36H39FN8. The van der Waals surface area contributed by atoms with E-state index in [1.54, 1.807) is 12.1 Å². The molecule has 1 atom stereocenters. The summed E-state index contributed by atoms with van der Waals surface area (Å²) in [5, 5.41) is 15.7. The number of hydrogen-bond donors (Lipinski definition) is 3. The van der Waals surface area contributed by atoms with Crippen LogP contribution in [0.2, 0.25) is 0 Å². The molecule has 9 heteroatoms. The second-order valence-electron chi connectivity index (χ2n) is 12.2. The van der Waals surface area contributed by atoms with Crippen molar-refractivity contribution >= 4 is 16.6 Å². The Labute approximate surface area is 263 Å². The second-order valence-corrected chi connectivity index (χ2v) is 12.2. The molecule has 230 valence electrons. The number of anilines is 1. The lowest BCUT2D eigenvalue weighted by molar-refractivity contribution is 0.142. The quantitative estimate of drug-likeness (QED) is 0.180. The third-order valence-corrected chi connectivity index (χ3v) is 9.16. The van der Waals surface area contributed by atoms with Gasteiger partial charge in [0.25, 0.3) is 0 Å². The van der Waals surface area contributed by atoms with Gasteiger partial charge in [-0.3, -0.25) is 5.10 Å². The predicted octanol–water partition coefficient (Wildman–Crippen LogP) is 6.46. The Morgan fingerprint density at radius 3 is 2.78 bits per heavy atom. The van der Waals surface area contributed by atoms with Crippen LogP contribution in [0.1, 0.15) is 47.0 Å². The number of aromatic nitrogens is 4. The van der Waals surface area contributed by atoms with Gasteiger partial charge in [-0.15, -0.1) is 0 Å². The number of hydrogen-bond acceptors (Lipinski definition) is 6. The van der Waals surface area contributed by atoms with E-state index >= 15 is 0 Å². The van der Waals surface area contributed by atoms with Crippen LogP contribution in [0.15, 0.2) is 104 Å². The van der Waals surface area contributed by atoms with Crippen molar-refractivity contribution in [2.75, 3.05) is 18.4 Å². The number of fused-ring (bicyclic) bond motifs is 2. The molecular weight excluding hydrogens is 563 g/mol. The van der Waals surface area contributed by atoms with Gasteiger partial charge in [-0.05, 0) is 72.7 Å². The molecule has 0 spiro atoms. The molecule has 3 N–H and O–H groups in total. The summed E-state index contributed by atoms with van der Waals surface area (Å²) in [7, 11) is 0. The fourth-order valence-electron chi connectivity index (χ4n) is 6.85. The number of benzene rings is 3. The summed E-state index contributed by atoms with van der Waals surface area (Å²) >= 11 is 0. The Kier molecular flexibility index (Phi) is 7.75. The van der Waals surface area contributed by atoms with E-state index in [0.717, 1.165) is 77.7 Å². The van der Waals surface area contributed by atoms with Crippen LogP contribution in [0, 0.1) is 12.7 Å². The van der Waals surface area contributed by atoms with E-state index in [9.17, 15) is 4.39 Å². The van der Waals surface area contributed by atoms with Crippen molar-refractivity contribution in [1.82, 2.24) is 34.9 Å². The number of aromatic amines is 1. The number of likely N-dealkylation sites (tertiary alicyclic amines) is 1. The van der Waals surface area contributed by atoms with Crippen LogP contribution in [0.25, 0.3) is 10.9 Å². The number of nitrogens with zero attached hydrogens (tertiary/aromatic N) is 5. The first-order valence-corrected chi connectivity index (χ1v) is 15.6. The fraction of sp³-hybridized carbons (Fsp3) is 0.278. The van der Waals surface area contributed by atoms with Gasteiger partial charge in [0.05, 0.1) is 29.4 Å². The first-order valence-electron chi connectivity index (χ1n) is 15.6. The van der Waals surface area contributed by atoms with Crippen LogP contribution < -0.4 is 10.6 Å². The summed E-state index contributed by atoms with van der Waals surface area (Å²) in [6.45, 7) is 14.1. The van der Waals surface area contributed by atoms with Crippen molar-refractivity contribution in [3.63, 3.8) is 0 Å². The molecule has 1 saturated heterocycles. The van der Waals surface area contributed by atoms with Crippen molar-refractivity contribution in [2.45, 2.75) is 51.4 Å². The second kappa shape index (κ2) is 12.1. The van der Waals surface area contributed by atoms with Crippen LogP contribution >= 0.6 is 0 Å². The van der Waals surface area contributed by atoms with Gasteiger partial charge in [-0.25, -0.2) is 9.37 Å². The van der Waals surface area contributed by atoms with Gasteiger partial charge >= 0.3 is 0 Å². The Morgan fingerprint density at radius 1 is 1.09 bits per heavy atom. The average Bonchev–Trinajstić information content (AvgIpc) is 3.71. The van der Waals surface area contributed by atoms with Gasteiger partial charge < -0.3 is 25.0 Å². The molecule has 4 heterocycles. The summed E-state index contributed by atoms with van der Waals surface area (Å²) in [6.07, 6.45) is 8.38. The van der Waals surface area contributed by atoms with Crippen LogP contribution in [0.5, 0.6) is 0 Å². The minimum Gasteiger partial charge on any atom is -0.362 e. The molecule has 2 aromatic heterocycles. The lowest BCUT2D eigenvalue weighted by Crippen LogP contribution is -2.47. The Hall–Kier alpha value is -5.05. The highest BCUT2D eigenvalue weighted by molar-refractivity contribution is 5.81. The van der Waals surface area contributed by atoms with E-state index < -0.39 is 0 Å². The maximum atomic E-state index is 14.0. The molecule has 8 nitrogen and oxygen atoms in total. The molecule has 1 fully saturated rings. The van der Waals surface area contributed by atoms with Gasteiger partial charge in [-0.2, -0.15) is 5.10 Å². The van der Waals surface area contributed by atoms with Crippen LogP contribution in [-0.2, 0) is 19.5 Å². The highest BCUT2D eigenvalue weighted by Crippen LogP contribution is 2.32. The molecule has 45 heavy (non-hydrogen) atoms. The molecule has 2 aliphatic rings. The van der Waals surface area contributed by atoms with Crippen LogP contribution in [0.3, 0.4) is 0 Å². The van der Waals surface area contributed by atoms with Crippen molar-refractivity contribution in [2.24, 2.45) is 0 Å². The van der Waals surface area contributed by atoms with Gasteiger partial charge in [0.1, 0.15) is 11.6 Å². The van der Waals surface area contributed by atoms with E-state index in [1.165, 1.54) is 17.2 Å². The molecule has 3 aromatic carbocycles. The van der Waals surface area contributed by atoms with E-state index in [-0.39, 0.29) is 11.9 Å². The maximum Gasteiger partial charge on any atom is 0.131 e. The summed E-state index contributed by atoms with van der Waals surface area (Å²) < 4.78 is 16.1. The van der Waals surface area contributed by atoms with E-state index in [0.29, 0.717) is 19.0 Å². The Bertz CT molecular complexity index is 1850. The number of H-pyrrole nitrogens is 1. The Morgan fingerprint density at radius 2 is 1.93 bits per heavy atom. The zero-order valence-corrected chi connectivity index (χ0v) is 25.6. The minimum atomic E-state index is -0.238. The van der Waals surface area contributed by atoms with Crippen LogP contribution in [-0.4, -0.2) is 48.7 Å². The monoisotopic (exact) mass is 602 g/mol. The summed E-state index contributed by atoms with van der Waals surface area (Å²) in [6, 6.07) is 19.9. The average molecular weight is 603 g/mol. The molecule has 2 aliphatic heterocycles. The molecule has 7 rings (SSSR count). The largest absolute Gasteiger partial charge is 0.362 e. The first-order chi connectivity index (χ1) is 21.9. The number of imidazole rings is 1. The summed E-state index contributed by atoms with van der Waals surface area (Å²) in [5.41, 5.74) is 6.73. The lowest BCUT2D eigenvalue weighted by Gasteiger charge is -2.44. The molecule has 0 radical (unpaired) electrons. The Balaban J connectivity index is 1.08. The zero-order valence-electron chi connectivity index (χ0n) is 25.6.